The number of oxime groups is 1. The molecule has 0 saturated heterocycles. The Labute approximate surface area is 64.7 Å². The molecule has 1 rings (SSSR count). The van der Waals surface area contributed by atoms with Crippen LogP contribution in [0.1, 0.15) is 11.3 Å². The Morgan fingerprint density at radius 3 is 2.75 bits per heavy atom. The summed E-state index contributed by atoms with van der Waals surface area (Å²) in [4.78, 5) is 0. The van der Waals surface area contributed by atoms with Crippen LogP contribution >= 0.6 is 0 Å². The highest BCUT2D eigenvalue weighted by Gasteiger charge is 2.35. The molecular formula is C5H4F3N3O. The maximum Gasteiger partial charge on any atom is 0.433 e. The van der Waals surface area contributed by atoms with Crippen molar-refractivity contribution in [3.8, 4) is 0 Å². The molecule has 0 spiro atoms. The molecule has 1 aromatic rings. The molecule has 2 N–H and O–H groups in total. The summed E-state index contributed by atoms with van der Waals surface area (Å²) in [5.74, 6) is 0. The quantitative estimate of drug-likeness (QED) is 0.387. The van der Waals surface area contributed by atoms with E-state index in [-0.39, 0.29) is 5.56 Å². The van der Waals surface area contributed by atoms with E-state index in [1.165, 1.54) is 0 Å². The predicted molar refractivity (Wildman–Crippen MR) is 33.0 cm³/mol. The number of nitrogens with zero attached hydrogens (tertiary/aromatic N) is 2. The summed E-state index contributed by atoms with van der Waals surface area (Å²) in [5, 5.41) is 15.4. The molecule has 0 bridgehead atoms. The third kappa shape index (κ3) is 1.55. The van der Waals surface area contributed by atoms with Gasteiger partial charge in [0.1, 0.15) is 5.69 Å². The second-order valence-electron chi connectivity index (χ2n) is 1.94. The molecule has 0 atom stereocenters. The molecule has 0 unspecified atom stereocenters. The van der Waals surface area contributed by atoms with Crippen LogP contribution in [0.2, 0.25) is 0 Å². The summed E-state index contributed by atoms with van der Waals surface area (Å²) in [6.45, 7) is 0. The topological polar surface area (TPSA) is 61.3 Å². The molecule has 12 heavy (non-hydrogen) atoms. The summed E-state index contributed by atoms with van der Waals surface area (Å²) in [7, 11) is 0. The van der Waals surface area contributed by atoms with Gasteiger partial charge in [-0.3, -0.25) is 5.10 Å². The first-order valence-electron chi connectivity index (χ1n) is 2.83. The molecule has 0 aliphatic rings. The zero-order valence-electron chi connectivity index (χ0n) is 5.63. The molecule has 0 radical (unpaired) electrons. The fourth-order valence-electron chi connectivity index (χ4n) is 0.683. The lowest BCUT2D eigenvalue weighted by atomic mass is 10.2. The first kappa shape index (κ1) is 8.57. The van der Waals surface area contributed by atoms with Gasteiger partial charge in [0.2, 0.25) is 0 Å². The molecule has 0 saturated carbocycles. The number of alkyl halides is 3. The van der Waals surface area contributed by atoms with Gasteiger partial charge in [-0.2, -0.15) is 18.3 Å². The standard InChI is InChI=1S/C5H4F3N3O/c6-5(7,8)4-3(2-10-12)1-9-11-4/h1-2,12H,(H,9,11). The highest BCUT2D eigenvalue weighted by molar-refractivity contribution is 5.80. The molecule has 1 heterocycles. The van der Waals surface area contributed by atoms with E-state index < -0.39 is 11.9 Å². The van der Waals surface area contributed by atoms with Crippen LogP contribution in [0.25, 0.3) is 0 Å². The van der Waals surface area contributed by atoms with Crippen molar-refractivity contribution in [2.24, 2.45) is 5.16 Å². The fourth-order valence-corrected chi connectivity index (χ4v) is 0.683. The minimum absolute atomic E-state index is 0.301. The lowest BCUT2D eigenvalue weighted by molar-refractivity contribution is -0.141. The number of hydrogen-bond acceptors (Lipinski definition) is 3. The predicted octanol–water partition coefficient (Wildman–Crippen LogP) is 1.24. The van der Waals surface area contributed by atoms with Gasteiger partial charge in [-0.25, -0.2) is 0 Å². The summed E-state index contributed by atoms with van der Waals surface area (Å²) < 4.78 is 36.0. The van der Waals surface area contributed by atoms with Crippen LogP contribution in [0.15, 0.2) is 11.4 Å². The number of nitrogens with one attached hydrogen (secondary N) is 1. The fraction of sp³-hybridized carbons (Fsp3) is 0.200. The zero-order chi connectivity index (χ0) is 9.19. The van der Waals surface area contributed by atoms with Gasteiger partial charge in [0.25, 0.3) is 0 Å². The van der Waals surface area contributed by atoms with Crippen molar-refractivity contribution >= 4 is 6.21 Å². The molecule has 0 fully saturated rings. The highest BCUT2D eigenvalue weighted by Crippen LogP contribution is 2.29. The van der Waals surface area contributed by atoms with E-state index in [1.54, 1.807) is 5.10 Å². The lowest BCUT2D eigenvalue weighted by Gasteiger charge is -2.02. The summed E-state index contributed by atoms with van der Waals surface area (Å²) >= 11 is 0. The maximum atomic E-state index is 12.0. The van der Waals surface area contributed by atoms with Crippen LogP contribution < -0.4 is 0 Å². The van der Waals surface area contributed by atoms with Crippen LogP contribution in [-0.2, 0) is 6.18 Å². The molecule has 0 aliphatic heterocycles. The lowest BCUT2D eigenvalue weighted by Crippen LogP contribution is -2.08. The molecule has 66 valence electrons. The van der Waals surface area contributed by atoms with Crippen molar-refractivity contribution in [1.29, 1.82) is 0 Å². The minimum atomic E-state index is -4.51. The third-order valence-corrected chi connectivity index (χ3v) is 1.15. The van der Waals surface area contributed by atoms with Gasteiger partial charge in [0.05, 0.1) is 12.4 Å². The van der Waals surface area contributed by atoms with Crippen molar-refractivity contribution in [1.82, 2.24) is 10.2 Å². The average Bonchev–Trinajstić information content (AvgIpc) is 2.34. The Bertz CT molecular complexity index is 290. The van der Waals surface area contributed by atoms with Crippen molar-refractivity contribution < 1.29 is 18.4 Å². The van der Waals surface area contributed by atoms with E-state index in [0.29, 0.717) is 6.21 Å². The monoisotopic (exact) mass is 179 g/mol. The van der Waals surface area contributed by atoms with Crippen molar-refractivity contribution in [3.05, 3.63) is 17.5 Å². The number of halogens is 3. The Hall–Kier alpha value is -1.53. The molecule has 0 amide bonds. The van der Waals surface area contributed by atoms with Gasteiger partial charge in [-0.1, -0.05) is 5.16 Å². The van der Waals surface area contributed by atoms with E-state index >= 15 is 0 Å². The van der Waals surface area contributed by atoms with Crippen LogP contribution in [-0.4, -0.2) is 21.6 Å². The number of hydrogen-bond donors (Lipinski definition) is 2. The number of rotatable bonds is 1. The van der Waals surface area contributed by atoms with E-state index in [0.717, 1.165) is 6.20 Å². The van der Waals surface area contributed by atoms with Gasteiger partial charge >= 0.3 is 6.18 Å². The Morgan fingerprint density at radius 2 is 2.25 bits per heavy atom. The van der Waals surface area contributed by atoms with Crippen LogP contribution in [0, 0.1) is 0 Å². The van der Waals surface area contributed by atoms with Crippen molar-refractivity contribution in [3.63, 3.8) is 0 Å². The summed E-state index contributed by atoms with van der Waals surface area (Å²) in [6.07, 6.45) is -2.93. The first-order chi connectivity index (χ1) is 5.55. The van der Waals surface area contributed by atoms with E-state index in [1.807, 2.05) is 0 Å². The molecule has 0 aliphatic carbocycles. The van der Waals surface area contributed by atoms with E-state index in [9.17, 15) is 13.2 Å². The second kappa shape index (κ2) is 2.84. The van der Waals surface area contributed by atoms with Crippen molar-refractivity contribution in [2.45, 2.75) is 6.18 Å². The molecule has 1 aromatic heterocycles. The summed E-state index contributed by atoms with van der Waals surface area (Å²) in [6, 6.07) is 0. The SMILES string of the molecule is ON=Cc1cn[nH]c1C(F)(F)F. The average molecular weight is 179 g/mol. The number of aromatic nitrogens is 2. The van der Waals surface area contributed by atoms with Crippen LogP contribution in [0.4, 0.5) is 13.2 Å². The highest BCUT2D eigenvalue weighted by atomic mass is 19.4. The smallest absolute Gasteiger partial charge is 0.411 e. The van der Waals surface area contributed by atoms with Crippen LogP contribution in [0.5, 0.6) is 0 Å². The Morgan fingerprint density at radius 1 is 1.58 bits per heavy atom. The molecule has 0 aromatic carbocycles. The van der Waals surface area contributed by atoms with Gasteiger partial charge in [0, 0.05) is 5.56 Å². The van der Waals surface area contributed by atoms with Crippen molar-refractivity contribution in [2.75, 3.05) is 0 Å². The molecule has 7 heteroatoms. The van der Waals surface area contributed by atoms with Crippen LogP contribution in [0.3, 0.4) is 0 Å². The van der Waals surface area contributed by atoms with E-state index in [4.69, 9.17) is 5.21 Å². The zero-order valence-corrected chi connectivity index (χ0v) is 5.63. The third-order valence-electron chi connectivity index (χ3n) is 1.15. The van der Waals surface area contributed by atoms with Gasteiger partial charge < -0.3 is 5.21 Å². The van der Waals surface area contributed by atoms with Gasteiger partial charge in [-0.05, 0) is 0 Å². The Balaban J connectivity index is 3.07. The normalized spacial score (nSPS) is 12.6. The largest absolute Gasteiger partial charge is 0.433 e. The maximum absolute atomic E-state index is 12.0. The van der Waals surface area contributed by atoms with Gasteiger partial charge in [0.15, 0.2) is 0 Å². The van der Waals surface area contributed by atoms with E-state index in [2.05, 4.69) is 10.3 Å². The second-order valence-corrected chi connectivity index (χ2v) is 1.94. The molecular weight excluding hydrogens is 175 g/mol. The Kier molecular flexibility index (Phi) is 2.03. The molecule has 4 nitrogen and oxygen atoms in total. The van der Waals surface area contributed by atoms with Gasteiger partial charge in [-0.15, -0.1) is 0 Å². The summed E-state index contributed by atoms with van der Waals surface area (Å²) in [5.41, 5.74) is -1.33. The number of aromatic amines is 1. The first-order valence-corrected chi connectivity index (χ1v) is 2.83. The number of H-pyrrole nitrogens is 1. The minimum Gasteiger partial charge on any atom is -0.411 e.